The monoisotopic (exact) mass is 615 g/mol. The van der Waals surface area contributed by atoms with E-state index in [1.54, 1.807) is 0 Å². The molecule has 4 aromatic carbocycles. The van der Waals surface area contributed by atoms with Gasteiger partial charge >= 0.3 is 0 Å². The average molecular weight is 616 g/mol. The molecule has 0 aliphatic rings. The third kappa shape index (κ3) is 4.81. The number of rotatable bonds is 5. The lowest BCUT2D eigenvalue weighted by molar-refractivity contribution is 1.19. The van der Waals surface area contributed by atoms with Gasteiger partial charge in [0.15, 0.2) is 0 Å². The first-order valence-corrected chi connectivity index (χ1v) is 16.0. The summed E-state index contributed by atoms with van der Waals surface area (Å²) in [6, 6.07) is 48.8. The number of pyridine rings is 4. The van der Waals surface area contributed by atoms with Gasteiger partial charge in [0.1, 0.15) is 5.65 Å². The summed E-state index contributed by atoms with van der Waals surface area (Å²) in [6.45, 7) is 2.04. The van der Waals surface area contributed by atoms with Crippen LogP contribution in [-0.4, -0.2) is 24.3 Å². The summed E-state index contributed by atoms with van der Waals surface area (Å²) < 4.78 is 2.18. The van der Waals surface area contributed by atoms with E-state index in [4.69, 9.17) is 15.0 Å². The van der Waals surface area contributed by atoms with Gasteiger partial charge in [-0.15, -0.1) is 0 Å². The molecule has 9 aromatic rings. The highest BCUT2D eigenvalue weighted by atomic mass is 15.0. The van der Waals surface area contributed by atoms with Crippen LogP contribution in [0, 0.1) is 6.92 Å². The molecule has 0 saturated heterocycles. The first-order chi connectivity index (χ1) is 23.7. The van der Waals surface area contributed by atoms with Crippen LogP contribution in [0.1, 0.15) is 5.69 Å². The highest BCUT2D eigenvalue weighted by Crippen LogP contribution is 2.39. The molecule has 0 amide bonds. The van der Waals surface area contributed by atoms with Crippen LogP contribution in [-0.2, 0) is 0 Å². The van der Waals surface area contributed by atoms with Gasteiger partial charge in [-0.2, -0.15) is 0 Å². The van der Waals surface area contributed by atoms with Crippen molar-refractivity contribution < 1.29 is 0 Å². The van der Waals surface area contributed by atoms with Gasteiger partial charge in [-0.05, 0) is 95.9 Å². The predicted molar refractivity (Wildman–Crippen MR) is 196 cm³/mol. The van der Waals surface area contributed by atoms with Gasteiger partial charge < -0.3 is 0 Å². The van der Waals surface area contributed by atoms with Gasteiger partial charge in [0.2, 0.25) is 0 Å². The lowest BCUT2D eigenvalue weighted by Crippen LogP contribution is -1.93. The van der Waals surface area contributed by atoms with Gasteiger partial charge in [-0.3, -0.25) is 19.4 Å². The number of fused-ring (bicyclic) bond motifs is 4. The van der Waals surface area contributed by atoms with E-state index in [-0.39, 0.29) is 0 Å². The van der Waals surface area contributed by atoms with Crippen molar-refractivity contribution in [2.75, 3.05) is 0 Å². The molecule has 0 N–H and O–H groups in total. The van der Waals surface area contributed by atoms with E-state index < -0.39 is 0 Å². The molecule has 9 rings (SSSR count). The quantitative estimate of drug-likeness (QED) is 0.181. The molecular weight excluding hydrogens is 587 g/mol. The molecule has 48 heavy (non-hydrogen) atoms. The van der Waals surface area contributed by atoms with Gasteiger partial charge in [0, 0.05) is 51.7 Å². The largest absolute Gasteiger partial charge is 0.299 e. The highest BCUT2D eigenvalue weighted by molar-refractivity contribution is 6.10. The third-order valence-corrected chi connectivity index (χ3v) is 8.94. The lowest BCUT2D eigenvalue weighted by atomic mass is 9.91. The van der Waals surface area contributed by atoms with Gasteiger partial charge in [0.25, 0.3) is 0 Å². The van der Waals surface area contributed by atoms with Crippen LogP contribution >= 0.6 is 0 Å². The molecule has 226 valence electrons. The van der Waals surface area contributed by atoms with Crippen LogP contribution in [0.3, 0.4) is 0 Å². The molecule has 5 nitrogen and oxygen atoms in total. The minimum Gasteiger partial charge on any atom is -0.299 e. The van der Waals surface area contributed by atoms with Crippen molar-refractivity contribution in [3.63, 3.8) is 0 Å². The molecule has 0 unspecified atom stereocenters. The van der Waals surface area contributed by atoms with E-state index in [0.717, 1.165) is 89.2 Å². The van der Waals surface area contributed by atoms with Crippen molar-refractivity contribution >= 4 is 27.5 Å². The number of nitrogens with zero attached hydrogens (tertiary/aromatic N) is 5. The summed E-state index contributed by atoms with van der Waals surface area (Å²) in [7, 11) is 0. The zero-order valence-electron chi connectivity index (χ0n) is 26.2. The van der Waals surface area contributed by atoms with Crippen molar-refractivity contribution in [3.8, 4) is 56.0 Å². The maximum atomic E-state index is 5.07. The van der Waals surface area contributed by atoms with Crippen molar-refractivity contribution in [2.24, 2.45) is 0 Å². The molecule has 0 aliphatic heterocycles. The Kier molecular flexibility index (Phi) is 6.61. The second kappa shape index (κ2) is 11.4. The van der Waals surface area contributed by atoms with Crippen LogP contribution in [0.5, 0.6) is 0 Å². The highest BCUT2D eigenvalue weighted by Gasteiger charge is 2.18. The van der Waals surface area contributed by atoms with E-state index in [1.807, 2.05) is 49.6 Å². The minimum absolute atomic E-state index is 0.897. The van der Waals surface area contributed by atoms with Crippen molar-refractivity contribution in [1.82, 2.24) is 24.3 Å². The standard InChI is InChI=1S/C43H29N5/c1-28-11-7-18-38(46-28)35-25-33(24-34(26-35)37-27-31-16-9-20-44-40(31)42-36(37)17-10-21-45-42)30-14-8-15-32(23-30)43-41(29-12-3-2-4-13-29)47-39-19-5-6-22-48(39)43/h2-27H,1H3. The normalized spacial score (nSPS) is 11.4. The Morgan fingerprint density at radius 2 is 1.23 bits per heavy atom. The Morgan fingerprint density at radius 1 is 0.500 bits per heavy atom. The molecule has 0 saturated carbocycles. The molecule has 0 aliphatic carbocycles. The number of hydrogen-bond acceptors (Lipinski definition) is 4. The van der Waals surface area contributed by atoms with Crippen LogP contribution in [0.15, 0.2) is 158 Å². The maximum absolute atomic E-state index is 5.07. The van der Waals surface area contributed by atoms with Gasteiger partial charge in [0.05, 0.1) is 28.1 Å². The summed E-state index contributed by atoms with van der Waals surface area (Å²) in [4.78, 5) is 19.5. The molecule has 0 radical (unpaired) electrons. The molecule has 0 fully saturated rings. The maximum Gasteiger partial charge on any atom is 0.137 e. The van der Waals surface area contributed by atoms with E-state index >= 15 is 0 Å². The zero-order chi connectivity index (χ0) is 32.0. The summed E-state index contributed by atoms with van der Waals surface area (Å²) in [6.07, 6.45) is 5.76. The summed E-state index contributed by atoms with van der Waals surface area (Å²) in [5.74, 6) is 0. The van der Waals surface area contributed by atoms with E-state index in [1.165, 1.54) is 0 Å². The molecule has 0 bridgehead atoms. The summed E-state index contributed by atoms with van der Waals surface area (Å²) >= 11 is 0. The SMILES string of the molecule is Cc1cccc(-c2cc(-c3cccc(-c4c(-c5ccccc5)nc5ccccn45)c3)cc(-c3cc4cccnc4c4ncccc34)c2)n1. The van der Waals surface area contributed by atoms with Gasteiger partial charge in [-0.1, -0.05) is 72.8 Å². The topological polar surface area (TPSA) is 56.0 Å². The third-order valence-electron chi connectivity index (χ3n) is 8.94. The Morgan fingerprint density at radius 3 is 2.12 bits per heavy atom. The Balaban J connectivity index is 1.28. The zero-order valence-corrected chi connectivity index (χ0v) is 26.2. The van der Waals surface area contributed by atoms with E-state index in [0.29, 0.717) is 0 Å². The van der Waals surface area contributed by atoms with Crippen molar-refractivity contribution in [2.45, 2.75) is 6.92 Å². The molecule has 5 heterocycles. The number of imidazole rings is 1. The van der Waals surface area contributed by atoms with E-state index in [9.17, 15) is 0 Å². The Labute approximate surface area is 277 Å². The molecular formula is C43H29N5. The summed E-state index contributed by atoms with van der Waals surface area (Å²) in [5, 5.41) is 2.12. The second-order valence-corrected chi connectivity index (χ2v) is 12.0. The molecule has 5 heteroatoms. The molecule has 0 atom stereocenters. The second-order valence-electron chi connectivity index (χ2n) is 12.0. The predicted octanol–water partition coefficient (Wildman–Crippen LogP) is 10.5. The molecule has 0 spiro atoms. The molecule has 5 aromatic heterocycles. The van der Waals surface area contributed by atoms with Crippen LogP contribution in [0.2, 0.25) is 0 Å². The van der Waals surface area contributed by atoms with Gasteiger partial charge in [-0.25, -0.2) is 4.98 Å². The number of hydrogen-bond donors (Lipinski definition) is 0. The van der Waals surface area contributed by atoms with E-state index in [2.05, 4.69) is 125 Å². The lowest BCUT2D eigenvalue weighted by Gasteiger charge is -2.15. The summed E-state index contributed by atoms with van der Waals surface area (Å²) in [5.41, 5.74) is 14.3. The number of benzene rings is 4. The number of aryl methyl sites for hydroxylation is 1. The fraction of sp³-hybridized carbons (Fsp3) is 0.0233. The van der Waals surface area contributed by atoms with Crippen LogP contribution in [0.25, 0.3) is 83.5 Å². The van der Waals surface area contributed by atoms with Crippen LogP contribution < -0.4 is 0 Å². The average Bonchev–Trinajstić information content (AvgIpc) is 3.55. The fourth-order valence-electron chi connectivity index (χ4n) is 6.73. The first-order valence-electron chi connectivity index (χ1n) is 16.0. The van der Waals surface area contributed by atoms with Crippen molar-refractivity contribution in [1.29, 1.82) is 0 Å². The van der Waals surface area contributed by atoms with Crippen LogP contribution in [0.4, 0.5) is 0 Å². The first kappa shape index (κ1) is 27.8. The van der Waals surface area contributed by atoms with Crippen molar-refractivity contribution in [3.05, 3.63) is 164 Å². The Bertz CT molecular complexity index is 2640. The fourth-order valence-corrected chi connectivity index (χ4v) is 6.73. The smallest absolute Gasteiger partial charge is 0.137 e. The Hall–Kier alpha value is -6.46. The minimum atomic E-state index is 0.897. The number of aromatic nitrogens is 5.